The van der Waals surface area contributed by atoms with Gasteiger partial charge in [0.1, 0.15) is 12.4 Å². The summed E-state index contributed by atoms with van der Waals surface area (Å²) in [6, 6.07) is 10.6. The van der Waals surface area contributed by atoms with E-state index in [2.05, 4.69) is 10.1 Å². The number of ether oxygens (including phenoxy) is 2. The molecule has 0 unspecified atom stereocenters. The van der Waals surface area contributed by atoms with E-state index in [-0.39, 0.29) is 24.7 Å². The van der Waals surface area contributed by atoms with Crippen LogP contribution in [-0.4, -0.2) is 18.2 Å². The molecule has 0 aromatic heterocycles. The van der Waals surface area contributed by atoms with E-state index < -0.39 is 12.3 Å². The van der Waals surface area contributed by atoms with Gasteiger partial charge in [-0.2, -0.15) is 0 Å². The van der Waals surface area contributed by atoms with Gasteiger partial charge in [0.05, 0.1) is 12.1 Å². The van der Waals surface area contributed by atoms with Crippen molar-refractivity contribution in [3.05, 3.63) is 59.2 Å². The number of aryl methyl sites for hydroxylation is 1. The lowest BCUT2D eigenvalue weighted by Crippen LogP contribution is -2.18. The maximum absolute atomic E-state index is 12.4. The highest BCUT2D eigenvalue weighted by atomic mass is 19.4. The molecule has 2 rings (SSSR count). The second-order valence-corrected chi connectivity index (χ2v) is 6.44. The quantitative estimate of drug-likeness (QED) is 0.629. The third-order valence-electron chi connectivity index (χ3n) is 3.96. The van der Waals surface area contributed by atoms with Crippen molar-refractivity contribution >= 4 is 17.6 Å². The molecule has 0 radical (unpaired) electrons. The van der Waals surface area contributed by atoms with Gasteiger partial charge in [0.15, 0.2) is 0 Å². The van der Waals surface area contributed by atoms with Gasteiger partial charge in [-0.25, -0.2) is 0 Å². The van der Waals surface area contributed by atoms with E-state index in [1.54, 1.807) is 25.1 Å². The monoisotopic (exact) mass is 409 g/mol. The average Bonchev–Trinajstić information content (AvgIpc) is 2.61. The normalized spacial score (nSPS) is 11.1. The van der Waals surface area contributed by atoms with Crippen LogP contribution in [0.15, 0.2) is 42.5 Å². The number of esters is 1. The van der Waals surface area contributed by atoms with Crippen molar-refractivity contribution in [1.82, 2.24) is 0 Å². The molecule has 2 aromatic carbocycles. The van der Waals surface area contributed by atoms with E-state index in [1.807, 2.05) is 6.92 Å². The van der Waals surface area contributed by atoms with Gasteiger partial charge in [0, 0.05) is 12.0 Å². The van der Waals surface area contributed by atoms with Gasteiger partial charge in [-0.3, -0.25) is 9.59 Å². The molecule has 2 aromatic rings. The minimum absolute atomic E-state index is 0.0189. The average molecular weight is 409 g/mol. The van der Waals surface area contributed by atoms with Crippen LogP contribution in [0, 0.1) is 6.92 Å². The Morgan fingerprint density at radius 1 is 1.10 bits per heavy atom. The second kappa shape index (κ2) is 9.95. The van der Waals surface area contributed by atoms with Crippen molar-refractivity contribution in [1.29, 1.82) is 0 Å². The van der Waals surface area contributed by atoms with Crippen molar-refractivity contribution in [2.45, 2.75) is 46.1 Å². The first kappa shape index (κ1) is 22.3. The van der Waals surface area contributed by atoms with Crippen molar-refractivity contribution in [2.24, 2.45) is 0 Å². The van der Waals surface area contributed by atoms with Gasteiger partial charge in [-0.15, -0.1) is 13.2 Å². The lowest BCUT2D eigenvalue weighted by atomic mass is 10.1. The molecule has 156 valence electrons. The Hall–Kier alpha value is -3.03. The number of para-hydroxylation sites is 1. The van der Waals surface area contributed by atoms with E-state index in [4.69, 9.17) is 4.74 Å². The first-order chi connectivity index (χ1) is 13.7. The fourth-order valence-electron chi connectivity index (χ4n) is 2.68. The first-order valence-electron chi connectivity index (χ1n) is 9.06. The Labute approximate surface area is 166 Å². The lowest BCUT2D eigenvalue weighted by molar-refractivity contribution is -0.274. The standard InChI is InChI=1S/C21H22F3NO4/c1-3-6-19(27)28-13-16-9-4-7-14(2)20(16)25-18(26)12-15-8-5-10-17(11-15)29-21(22,23)24/h4-5,7-11H,3,6,12-13H2,1-2H3,(H,25,26). The van der Waals surface area contributed by atoms with Crippen LogP contribution in [-0.2, 0) is 27.4 Å². The maximum atomic E-state index is 12.4. The zero-order chi connectivity index (χ0) is 21.4. The summed E-state index contributed by atoms with van der Waals surface area (Å²) in [6.45, 7) is 3.68. The number of halogens is 3. The molecule has 0 fully saturated rings. The number of rotatable bonds is 8. The Bertz CT molecular complexity index is 865. The molecule has 5 nitrogen and oxygen atoms in total. The summed E-state index contributed by atoms with van der Waals surface area (Å²) in [5.41, 5.74) is 2.30. The molecular formula is C21H22F3NO4. The van der Waals surface area contributed by atoms with Gasteiger partial charge in [0.2, 0.25) is 5.91 Å². The molecule has 0 bridgehead atoms. The Morgan fingerprint density at radius 2 is 1.83 bits per heavy atom. The fraction of sp³-hybridized carbons (Fsp3) is 0.333. The number of hydrogen-bond acceptors (Lipinski definition) is 4. The molecule has 0 heterocycles. The van der Waals surface area contributed by atoms with Crippen LogP contribution >= 0.6 is 0 Å². The summed E-state index contributed by atoms with van der Waals surface area (Å²) in [5.74, 6) is -1.13. The van der Waals surface area contributed by atoms with Crippen LogP contribution < -0.4 is 10.1 Å². The van der Waals surface area contributed by atoms with Gasteiger partial charge >= 0.3 is 12.3 Å². The number of carbonyl (C=O) groups excluding carboxylic acids is 2. The molecule has 0 saturated carbocycles. The zero-order valence-corrected chi connectivity index (χ0v) is 16.1. The lowest BCUT2D eigenvalue weighted by Gasteiger charge is -2.15. The molecular weight excluding hydrogens is 387 g/mol. The van der Waals surface area contributed by atoms with E-state index in [1.165, 1.54) is 24.3 Å². The highest BCUT2D eigenvalue weighted by Crippen LogP contribution is 2.25. The van der Waals surface area contributed by atoms with Gasteiger partial charge in [0.25, 0.3) is 0 Å². The van der Waals surface area contributed by atoms with Crippen LogP contribution in [0.2, 0.25) is 0 Å². The number of amides is 1. The Kier molecular flexibility index (Phi) is 7.64. The smallest absolute Gasteiger partial charge is 0.461 e. The summed E-state index contributed by atoms with van der Waals surface area (Å²) in [4.78, 5) is 24.0. The summed E-state index contributed by atoms with van der Waals surface area (Å²) < 4.78 is 46.1. The van der Waals surface area contributed by atoms with E-state index in [9.17, 15) is 22.8 Å². The van der Waals surface area contributed by atoms with Gasteiger partial charge < -0.3 is 14.8 Å². The van der Waals surface area contributed by atoms with Gasteiger partial charge in [-0.1, -0.05) is 37.3 Å². The number of carbonyl (C=O) groups is 2. The second-order valence-electron chi connectivity index (χ2n) is 6.44. The van der Waals surface area contributed by atoms with E-state index in [0.29, 0.717) is 29.7 Å². The summed E-state index contributed by atoms with van der Waals surface area (Å²) in [6.07, 6.45) is -3.96. The molecule has 1 amide bonds. The molecule has 0 saturated heterocycles. The van der Waals surface area contributed by atoms with Crippen molar-refractivity contribution in [2.75, 3.05) is 5.32 Å². The van der Waals surface area contributed by atoms with Crippen LogP contribution in [0.3, 0.4) is 0 Å². The minimum Gasteiger partial charge on any atom is -0.461 e. The molecule has 0 atom stereocenters. The number of anilines is 1. The maximum Gasteiger partial charge on any atom is 0.573 e. The van der Waals surface area contributed by atoms with Crippen LogP contribution in [0.5, 0.6) is 5.75 Å². The number of alkyl halides is 3. The van der Waals surface area contributed by atoms with Crippen molar-refractivity contribution < 1.29 is 32.2 Å². The largest absolute Gasteiger partial charge is 0.573 e. The molecule has 29 heavy (non-hydrogen) atoms. The zero-order valence-electron chi connectivity index (χ0n) is 16.1. The van der Waals surface area contributed by atoms with Crippen LogP contribution in [0.25, 0.3) is 0 Å². The molecule has 1 N–H and O–H groups in total. The Balaban J connectivity index is 2.07. The van der Waals surface area contributed by atoms with E-state index in [0.717, 1.165) is 5.56 Å². The molecule has 0 aliphatic rings. The molecule has 0 aliphatic carbocycles. The predicted octanol–water partition coefficient (Wildman–Crippen LogP) is 4.92. The highest BCUT2D eigenvalue weighted by Gasteiger charge is 2.31. The Morgan fingerprint density at radius 3 is 2.52 bits per heavy atom. The molecule has 0 spiro atoms. The van der Waals surface area contributed by atoms with Crippen LogP contribution in [0.4, 0.5) is 18.9 Å². The first-order valence-corrected chi connectivity index (χ1v) is 9.06. The number of nitrogens with one attached hydrogen (secondary N) is 1. The fourth-order valence-corrected chi connectivity index (χ4v) is 2.68. The topological polar surface area (TPSA) is 64.6 Å². The van der Waals surface area contributed by atoms with Gasteiger partial charge in [-0.05, 0) is 36.6 Å². The molecule has 0 aliphatic heterocycles. The van der Waals surface area contributed by atoms with Crippen molar-refractivity contribution in [3.8, 4) is 5.75 Å². The van der Waals surface area contributed by atoms with Crippen molar-refractivity contribution in [3.63, 3.8) is 0 Å². The SMILES string of the molecule is CCCC(=O)OCc1cccc(C)c1NC(=O)Cc1cccc(OC(F)(F)F)c1. The highest BCUT2D eigenvalue weighted by molar-refractivity contribution is 5.93. The predicted molar refractivity (Wildman–Crippen MR) is 101 cm³/mol. The third kappa shape index (κ3) is 7.48. The summed E-state index contributed by atoms with van der Waals surface area (Å²) >= 11 is 0. The number of hydrogen-bond donors (Lipinski definition) is 1. The third-order valence-corrected chi connectivity index (χ3v) is 3.96. The van der Waals surface area contributed by atoms with Crippen LogP contribution in [0.1, 0.15) is 36.5 Å². The molecule has 8 heteroatoms. The summed E-state index contributed by atoms with van der Waals surface area (Å²) in [5, 5.41) is 2.76. The number of benzene rings is 2. The summed E-state index contributed by atoms with van der Waals surface area (Å²) in [7, 11) is 0. The van der Waals surface area contributed by atoms with E-state index >= 15 is 0 Å². The minimum atomic E-state index is -4.80.